The molecule has 0 bridgehead atoms. The van der Waals surface area contributed by atoms with Crippen molar-refractivity contribution in [3.8, 4) is 0 Å². The van der Waals surface area contributed by atoms with Gasteiger partial charge >= 0.3 is 5.97 Å². The number of carbonyl (C=O) groups excluding carboxylic acids is 1. The predicted molar refractivity (Wildman–Crippen MR) is 51.4 cm³/mol. The molecule has 0 aliphatic heterocycles. The Morgan fingerprint density at radius 1 is 1.38 bits per heavy atom. The summed E-state index contributed by atoms with van der Waals surface area (Å²) >= 11 is 0. The van der Waals surface area contributed by atoms with Crippen LogP contribution in [0.3, 0.4) is 0 Å². The van der Waals surface area contributed by atoms with Gasteiger partial charge in [0.15, 0.2) is 0 Å². The molecule has 0 amide bonds. The molecule has 0 saturated heterocycles. The average Bonchev–Trinajstić information content (AvgIpc) is 2.16. The zero-order chi connectivity index (χ0) is 10.1. The van der Waals surface area contributed by atoms with Crippen LogP contribution < -0.4 is 0 Å². The monoisotopic (exact) mass is 188 g/mol. The number of aliphatic hydroxyl groups excluding tert-OH is 1. The van der Waals surface area contributed by atoms with Crippen LogP contribution in [0.4, 0.5) is 0 Å². The third-order valence-corrected chi connectivity index (χ3v) is 2.12. The molecule has 3 heteroatoms. The maximum absolute atomic E-state index is 10.7. The van der Waals surface area contributed by atoms with Gasteiger partial charge in [-0.3, -0.25) is 4.79 Å². The summed E-state index contributed by atoms with van der Waals surface area (Å²) in [6.45, 7) is 1.97. The van der Waals surface area contributed by atoms with Gasteiger partial charge in [-0.05, 0) is 19.3 Å². The minimum atomic E-state index is -0.168. The summed E-state index contributed by atoms with van der Waals surface area (Å²) in [6.07, 6.45) is 4.84. The topological polar surface area (TPSA) is 46.5 Å². The lowest BCUT2D eigenvalue weighted by molar-refractivity contribution is -0.140. The molecule has 1 unspecified atom stereocenters. The summed E-state index contributed by atoms with van der Waals surface area (Å²) in [6, 6.07) is 0. The predicted octanol–water partition coefficient (Wildman–Crippen LogP) is 1.88. The van der Waals surface area contributed by atoms with Gasteiger partial charge in [-0.2, -0.15) is 0 Å². The first kappa shape index (κ1) is 12.4. The fraction of sp³-hybridized carbons (Fsp3) is 0.900. The van der Waals surface area contributed by atoms with Crippen molar-refractivity contribution >= 4 is 5.97 Å². The first-order valence-corrected chi connectivity index (χ1v) is 4.95. The number of hydrogen-bond acceptors (Lipinski definition) is 3. The number of hydrogen-bond donors (Lipinski definition) is 1. The van der Waals surface area contributed by atoms with Crippen LogP contribution in [0, 0.1) is 0 Å². The van der Waals surface area contributed by atoms with Crippen LogP contribution in [0.15, 0.2) is 0 Å². The molecule has 0 aliphatic rings. The first-order chi connectivity index (χ1) is 6.20. The van der Waals surface area contributed by atoms with Crippen molar-refractivity contribution in [3.05, 3.63) is 0 Å². The quantitative estimate of drug-likeness (QED) is 0.490. The highest BCUT2D eigenvalue weighted by Crippen LogP contribution is 2.07. The molecule has 0 rings (SSSR count). The van der Waals surface area contributed by atoms with Crippen molar-refractivity contribution in [3.63, 3.8) is 0 Å². The molecule has 3 nitrogen and oxygen atoms in total. The van der Waals surface area contributed by atoms with E-state index in [1.54, 1.807) is 0 Å². The second-order valence-corrected chi connectivity index (χ2v) is 3.24. The van der Waals surface area contributed by atoms with E-state index in [2.05, 4.69) is 4.74 Å². The smallest absolute Gasteiger partial charge is 0.305 e. The fourth-order valence-electron chi connectivity index (χ4n) is 1.13. The molecule has 1 atom stereocenters. The zero-order valence-electron chi connectivity index (χ0n) is 8.58. The van der Waals surface area contributed by atoms with Gasteiger partial charge in [-0.1, -0.05) is 19.8 Å². The Kier molecular flexibility index (Phi) is 7.69. The van der Waals surface area contributed by atoms with Crippen molar-refractivity contribution in [1.29, 1.82) is 0 Å². The number of esters is 1. The van der Waals surface area contributed by atoms with Crippen LogP contribution in [0.5, 0.6) is 0 Å². The number of rotatable bonds is 7. The Morgan fingerprint density at radius 2 is 2.08 bits per heavy atom. The van der Waals surface area contributed by atoms with Crippen LogP contribution >= 0.6 is 0 Å². The minimum Gasteiger partial charge on any atom is -0.469 e. The van der Waals surface area contributed by atoms with Gasteiger partial charge in [0, 0.05) is 6.42 Å². The Bertz CT molecular complexity index is 134. The Labute approximate surface area is 80.1 Å². The van der Waals surface area contributed by atoms with E-state index < -0.39 is 0 Å². The molecular weight excluding hydrogens is 168 g/mol. The highest BCUT2D eigenvalue weighted by atomic mass is 16.5. The maximum atomic E-state index is 10.7. The van der Waals surface area contributed by atoms with Crippen LogP contribution in [0.2, 0.25) is 0 Å². The molecule has 78 valence electrons. The first-order valence-electron chi connectivity index (χ1n) is 4.95. The maximum Gasteiger partial charge on any atom is 0.305 e. The number of unbranched alkanes of at least 4 members (excludes halogenated alkanes) is 2. The molecule has 0 aromatic heterocycles. The van der Waals surface area contributed by atoms with Gasteiger partial charge in [0.25, 0.3) is 0 Å². The molecule has 1 N–H and O–H groups in total. The Balaban J connectivity index is 3.12. The summed E-state index contributed by atoms with van der Waals surface area (Å²) < 4.78 is 4.51. The van der Waals surface area contributed by atoms with E-state index in [-0.39, 0.29) is 12.1 Å². The third-order valence-electron chi connectivity index (χ3n) is 2.12. The van der Waals surface area contributed by atoms with Gasteiger partial charge in [0.05, 0.1) is 13.2 Å². The fourth-order valence-corrected chi connectivity index (χ4v) is 1.13. The van der Waals surface area contributed by atoms with E-state index >= 15 is 0 Å². The van der Waals surface area contributed by atoms with Gasteiger partial charge in [0.1, 0.15) is 0 Å². The number of carbonyl (C=O) groups is 1. The van der Waals surface area contributed by atoms with E-state index in [0.29, 0.717) is 6.42 Å². The van der Waals surface area contributed by atoms with E-state index in [1.807, 2.05) is 6.92 Å². The molecule has 0 heterocycles. The van der Waals surface area contributed by atoms with Gasteiger partial charge in [0.2, 0.25) is 0 Å². The molecule has 0 radical (unpaired) electrons. The molecule has 0 fully saturated rings. The molecule has 0 aromatic rings. The molecule has 0 aromatic carbocycles. The number of aliphatic hydroxyl groups is 1. The van der Waals surface area contributed by atoms with E-state index in [1.165, 1.54) is 7.11 Å². The summed E-state index contributed by atoms with van der Waals surface area (Å²) in [4.78, 5) is 10.7. The number of methoxy groups -OCH3 is 1. The standard InChI is InChI=1S/C10H20O3/c1-3-9(11)7-5-4-6-8-10(12)13-2/h9,11H,3-8H2,1-2H3. The van der Waals surface area contributed by atoms with E-state index in [4.69, 9.17) is 0 Å². The SMILES string of the molecule is CCC(O)CCCCCC(=O)OC. The summed E-state index contributed by atoms with van der Waals surface area (Å²) in [5, 5.41) is 9.22. The third kappa shape index (κ3) is 7.78. The normalized spacial score (nSPS) is 12.5. The average molecular weight is 188 g/mol. The van der Waals surface area contributed by atoms with Crippen molar-refractivity contribution in [2.45, 2.75) is 51.6 Å². The van der Waals surface area contributed by atoms with Gasteiger partial charge in [-0.25, -0.2) is 0 Å². The molecule has 13 heavy (non-hydrogen) atoms. The molecule has 0 aliphatic carbocycles. The second kappa shape index (κ2) is 8.05. The highest BCUT2D eigenvalue weighted by Gasteiger charge is 2.02. The zero-order valence-corrected chi connectivity index (χ0v) is 8.58. The summed E-state index contributed by atoms with van der Waals surface area (Å²) in [7, 11) is 1.41. The van der Waals surface area contributed by atoms with Crippen molar-refractivity contribution in [2.24, 2.45) is 0 Å². The van der Waals surface area contributed by atoms with Crippen molar-refractivity contribution < 1.29 is 14.6 Å². The van der Waals surface area contributed by atoms with Gasteiger partial charge in [-0.15, -0.1) is 0 Å². The van der Waals surface area contributed by atoms with Crippen LogP contribution in [-0.4, -0.2) is 24.3 Å². The van der Waals surface area contributed by atoms with Gasteiger partial charge < -0.3 is 9.84 Å². The minimum absolute atomic E-state index is 0.143. The molecular formula is C10H20O3. The van der Waals surface area contributed by atoms with E-state index in [9.17, 15) is 9.90 Å². The van der Waals surface area contributed by atoms with Crippen LogP contribution in [0.25, 0.3) is 0 Å². The summed E-state index contributed by atoms with van der Waals surface area (Å²) in [5.41, 5.74) is 0. The summed E-state index contributed by atoms with van der Waals surface area (Å²) in [5.74, 6) is -0.143. The van der Waals surface area contributed by atoms with Crippen LogP contribution in [-0.2, 0) is 9.53 Å². The lowest BCUT2D eigenvalue weighted by Gasteiger charge is -2.06. The molecule has 0 spiro atoms. The second-order valence-electron chi connectivity index (χ2n) is 3.24. The largest absolute Gasteiger partial charge is 0.469 e. The number of ether oxygens (including phenoxy) is 1. The lowest BCUT2D eigenvalue weighted by Crippen LogP contribution is -2.04. The van der Waals surface area contributed by atoms with E-state index in [0.717, 1.165) is 32.1 Å². The van der Waals surface area contributed by atoms with Crippen LogP contribution in [0.1, 0.15) is 45.4 Å². The molecule has 0 saturated carbocycles. The van der Waals surface area contributed by atoms with Crippen molar-refractivity contribution in [1.82, 2.24) is 0 Å². The van der Waals surface area contributed by atoms with Crippen molar-refractivity contribution in [2.75, 3.05) is 7.11 Å². The Hall–Kier alpha value is -0.570. The Morgan fingerprint density at radius 3 is 2.62 bits per heavy atom. The lowest BCUT2D eigenvalue weighted by atomic mass is 10.1. The highest BCUT2D eigenvalue weighted by molar-refractivity contribution is 5.68.